The number of amides is 1. The number of ether oxygens (including phenoxy) is 1. The molecule has 0 aliphatic heterocycles. The Bertz CT molecular complexity index is 625. The number of methoxy groups -OCH3 is 1. The molecule has 0 radical (unpaired) electrons. The molecular weight excluding hydrogens is 394 g/mol. The van der Waals surface area contributed by atoms with Crippen LogP contribution in [-0.2, 0) is 4.79 Å². The zero-order valence-corrected chi connectivity index (χ0v) is 12.4. The quantitative estimate of drug-likeness (QED) is 0.593. The van der Waals surface area contributed by atoms with Crippen molar-refractivity contribution in [2.24, 2.45) is 0 Å². The van der Waals surface area contributed by atoms with Gasteiger partial charge in [0.1, 0.15) is 5.75 Å². The standard InChI is InChI=1S/C12H8F10N2O2/c1-26-7-4-2-6(3-5-7)23-8(25)9(13,14)10(15,16)24(11(17,18)19)12(20,21)22/h2-5H,1H3,(H,23,25). The normalized spacial score (nSPS) is 13.7. The molecule has 0 heterocycles. The molecule has 1 N–H and O–H groups in total. The van der Waals surface area contributed by atoms with E-state index in [1.807, 2.05) is 0 Å². The molecule has 1 aromatic carbocycles. The van der Waals surface area contributed by atoms with Gasteiger partial charge in [-0.15, -0.1) is 0 Å². The molecular formula is C12H8F10N2O2. The molecule has 0 saturated heterocycles. The number of halogens is 10. The van der Waals surface area contributed by atoms with E-state index < -0.39 is 41.1 Å². The lowest BCUT2D eigenvalue weighted by molar-refractivity contribution is -0.462. The molecule has 0 bridgehead atoms. The molecule has 0 aliphatic rings. The van der Waals surface area contributed by atoms with Gasteiger partial charge in [-0.25, -0.2) is 0 Å². The van der Waals surface area contributed by atoms with Gasteiger partial charge in [0.15, 0.2) is 0 Å². The molecule has 0 aliphatic carbocycles. The fourth-order valence-electron chi connectivity index (χ4n) is 1.62. The molecule has 0 fully saturated rings. The molecule has 0 atom stereocenters. The first kappa shape index (κ1) is 21.8. The van der Waals surface area contributed by atoms with Crippen LogP contribution in [-0.4, -0.2) is 42.5 Å². The molecule has 0 unspecified atom stereocenters. The summed E-state index contributed by atoms with van der Waals surface area (Å²) in [5, 5.41) is 1.11. The Morgan fingerprint density at radius 2 is 1.31 bits per heavy atom. The van der Waals surface area contributed by atoms with Gasteiger partial charge in [0.2, 0.25) is 0 Å². The van der Waals surface area contributed by atoms with E-state index in [9.17, 15) is 48.7 Å². The lowest BCUT2D eigenvalue weighted by atomic mass is 10.2. The molecule has 1 rings (SSSR count). The summed E-state index contributed by atoms with van der Waals surface area (Å²) < 4.78 is 132. The van der Waals surface area contributed by atoms with E-state index >= 15 is 0 Å². The number of anilines is 1. The smallest absolute Gasteiger partial charge is 0.472 e. The van der Waals surface area contributed by atoms with Gasteiger partial charge in [-0.3, -0.25) is 4.79 Å². The van der Waals surface area contributed by atoms with Gasteiger partial charge in [-0.1, -0.05) is 4.90 Å². The Morgan fingerprint density at radius 3 is 1.65 bits per heavy atom. The van der Waals surface area contributed by atoms with Crippen molar-refractivity contribution in [3.63, 3.8) is 0 Å². The number of nitrogens with zero attached hydrogens (tertiary/aromatic N) is 1. The van der Waals surface area contributed by atoms with Crippen LogP contribution in [0.5, 0.6) is 5.75 Å². The number of carbonyl (C=O) groups is 1. The minimum Gasteiger partial charge on any atom is -0.497 e. The largest absolute Gasteiger partial charge is 0.497 e. The Kier molecular flexibility index (Phi) is 5.71. The van der Waals surface area contributed by atoms with E-state index in [0.717, 1.165) is 29.6 Å². The summed E-state index contributed by atoms with van der Waals surface area (Å²) in [5.74, 6) is -9.33. The number of hydrogen-bond donors (Lipinski definition) is 1. The number of rotatable bonds is 5. The second kappa shape index (κ2) is 6.81. The topological polar surface area (TPSA) is 41.6 Å². The zero-order valence-electron chi connectivity index (χ0n) is 12.4. The van der Waals surface area contributed by atoms with Crippen LogP contribution in [0.3, 0.4) is 0 Å². The van der Waals surface area contributed by atoms with Crippen LogP contribution in [0, 0.1) is 0 Å². The maximum absolute atomic E-state index is 13.5. The Balaban J connectivity index is 3.20. The summed E-state index contributed by atoms with van der Waals surface area (Å²) in [4.78, 5) is 7.62. The van der Waals surface area contributed by atoms with Crippen molar-refractivity contribution in [1.82, 2.24) is 4.90 Å². The third-order valence-electron chi connectivity index (χ3n) is 2.80. The lowest BCUT2D eigenvalue weighted by Gasteiger charge is -2.36. The SMILES string of the molecule is COc1ccc(NC(=O)C(F)(F)C(F)(F)N(C(F)(F)F)C(F)(F)F)cc1. The molecule has 14 heteroatoms. The average molecular weight is 402 g/mol. The monoisotopic (exact) mass is 402 g/mol. The highest BCUT2D eigenvalue weighted by molar-refractivity contribution is 5.96. The van der Waals surface area contributed by atoms with Crippen LogP contribution in [0.1, 0.15) is 0 Å². The first-order valence-corrected chi connectivity index (χ1v) is 6.20. The van der Waals surface area contributed by atoms with Gasteiger partial charge in [0.05, 0.1) is 7.11 Å². The Morgan fingerprint density at radius 1 is 0.885 bits per heavy atom. The van der Waals surface area contributed by atoms with E-state index in [1.54, 1.807) is 0 Å². The van der Waals surface area contributed by atoms with Crippen molar-refractivity contribution in [2.45, 2.75) is 24.6 Å². The Labute approximate surface area is 138 Å². The van der Waals surface area contributed by atoms with E-state index in [2.05, 4.69) is 4.74 Å². The number of nitrogens with one attached hydrogen (secondary N) is 1. The van der Waals surface area contributed by atoms with Crippen molar-refractivity contribution in [3.05, 3.63) is 24.3 Å². The van der Waals surface area contributed by atoms with E-state index in [-0.39, 0.29) is 5.75 Å². The molecule has 26 heavy (non-hydrogen) atoms. The van der Waals surface area contributed by atoms with Crippen LogP contribution >= 0.6 is 0 Å². The minimum atomic E-state index is -6.96. The second-order valence-corrected chi connectivity index (χ2v) is 4.57. The predicted molar refractivity (Wildman–Crippen MR) is 65.5 cm³/mol. The lowest BCUT2D eigenvalue weighted by Crippen LogP contribution is -2.67. The Hall–Kier alpha value is -2.25. The second-order valence-electron chi connectivity index (χ2n) is 4.57. The maximum Gasteiger partial charge on any atom is 0.472 e. The fourth-order valence-corrected chi connectivity index (χ4v) is 1.62. The predicted octanol–water partition coefficient (Wildman–Crippen LogP) is 4.20. The van der Waals surface area contributed by atoms with Crippen LogP contribution in [0.15, 0.2) is 24.3 Å². The first-order chi connectivity index (χ1) is 11.5. The summed E-state index contributed by atoms with van der Waals surface area (Å²) in [7, 11) is 1.20. The van der Waals surface area contributed by atoms with Gasteiger partial charge in [-0.05, 0) is 24.3 Å². The third-order valence-corrected chi connectivity index (χ3v) is 2.80. The summed E-state index contributed by atoms with van der Waals surface area (Å²) in [6.45, 7) is 0. The van der Waals surface area contributed by atoms with Gasteiger partial charge >= 0.3 is 30.5 Å². The zero-order chi connectivity index (χ0) is 20.6. The summed E-state index contributed by atoms with van der Waals surface area (Å²) in [6, 6.07) is -3.15. The number of carbonyl (C=O) groups excluding carboxylic acids is 1. The molecule has 4 nitrogen and oxygen atoms in total. The third kappa shape index (κ3) is 4.28. The highest BCUT2D eigenvalue weighted by Crippen LogP contribution is 2.48. The van der Waals surface area contributed by atoms with Gasteiger partial charge in [0.25, 0.3) is 0 Å². The van der Waals surface area contributed by atoms with Gasteiger partial charge < -0.3 is 10.1 Å². The van der Waals surface area contributed by atoms with Crippen molar-refractivity contribution in [1.29, 1.82) is 0 Å². The van der Waals surface area contributed by atoms with Crippen molar-refractivity contribution in [2.75, 3.05) is 12.4 Å². The molecule has 148 valence electrons. The maximum atomic E-state index is 13.5. The summed E-state index contributed by atoms with van der Waals surface area (Å²) in [5.41, 5.74) is -0.600. The molecule has 0 aromatic heterocycles. The van der Waals surface area contributed by atoms with Crippen LogP contribution < -0.4 is 10.1 Å². The van der Waals surface area contributed by atoms with E-state index in [4.69, 9.17) is 0 Å². The average Bonchev–Trinajstić information content (AvgIpc) is 2.44. The van der Waals surface area contributed by atoms with Crippen LogP contribution in [0.2, 0.25) is 0 Å². The molecule has 0 spiro atoms. The van der Waals surface area contributed by atoms with E-state index in [0.29, 0.717) is 0 Å². The van der Waals surface area contributed by atoms with Crippen molar-refractivity contribution >= 4 is 11.6 Å². The summed E-state index contributed by atoms with van der Waals surface area (Å²) in [6.07, 6.45) is -13.9. The summed E-state index contributed by atoms with van der Waals surface area (Å²) >= 11 is 0. The first-order valence-electron chi connectivity index (χ1n) is 6.20. The number of alkyl halides is 10. The molecule has 0 saturated carbocycles. The van der Waals surface area contributed by atoms with E-state index in [1.165, 1.54) is 7.11 Å². The fraction of sp³-hybridized carbons (Fsp3) is 0.417. The molecule has 1 amide bonds. The van der Waals surface area contributed by atoms with Crippen LogP contribution in [0.4, 0.5) is 49.6 Å². The highest BCUT2D eigenvalue weighted by atomic mass is 19.4. The number of hydrogen-bond acceptors (Lipinski definition) is 3. The van der Waals surface area contributed by atoms with Crippen molar-refractivity contribution in [3.8, 4) is 5.75 Å². The number of benzene rings is 1. The van der Waals surface area contributed by atoms with Crippen molar-refractivity contribution < 1.29 is 53.4 Å². The van der Waals surface area contributed by atoms with Crippen LogP contribution in [0.25, 0.3) is 0 Å². The minimum absolute atomic E-state index is 0.139. The van der Waals surface area contributed by atoms with Gasteiger partial charge in [0, 0.05) is 5.69 Å². The molecule has 1 aromatic rings. The highest BCUT2D eigenvalue weighted by Gasteiger charge is 2.77. The van der Waals surface area contributed by atoms with Gasteiger partial charge in [-0.2, -0.15) is 43.9 Å².